The van der Waals surface area contributed by atoms with Crippen LogP contribution in [-0.2, 0) is 7.05 Å². The Balaban J connectivity index is 1.57. The van der Waals surface area contributed by atoms with Gasteiger partial charge in [-0.3, -0.25) is 4.79 Å². The van der Waals surface area contributed by atoms with Crippen molar-refractivity contribution in [3.05, 3.63) is 65.6 Å². The summed E-state index contributed by atoms with van der Waals surface area (Å²) < 4.78 is 36.6. The number of hydrogen-bond donors (Lipinski definition) is 2. The standard InChI is InChI=1S/C27H28F2N6O2/c1-15-31-25-21(34(15)2)12-11-19(26(25)35-13-5-6-16(35)14-30)33-27(36)20-10-9-18(29)24(32-20)23-17(28)7-4-8-22(23)37-3/h4,7-12,16H,5-6,13-14,30H2,1-3H3,(H,33,36). The second kappa shape index (κ2) is 9.78. The molecule has 4 aromatic rings. The predicted octanol–water partition coefficient (Wildman–Crippen LogP) is 4.41. The number of benzene rings is 2. The van der Waals surface area contributed by atoms with Crippen LogP contribution in [0.2, 0.25) is 0 Å². The van der Waals surface area contributed by atoms with E-state index in [0.717, 1.165) is 48.0 Å². The number of aryl methyl sites for hydroxylation is 2. The molecular formula is C27H28F2N6O2. The first kappa shape index (κ1) is 24.6. The van der Waals surface area contributed by atoms with E-state index in [-0.39, 0.29) is 28.7 Å². The molecule has 3 heterocycles. The van der Waals surface area contributed by atoms with Crippen molar-refractivity contribution in [3.8, 4) is 17.0 Å². The largest absolute Gasteiger partial charge is 0.496 e. The van der Waals surface area contributed by atoms with Gasteiger partial charge in [-0.25, -0.2) is 18.7 Å². The highest BCUT2D eigenvalue weighted by atomic mass is 19.1. The zero-order chi connectivity index (χ0) is 26.3. The minimum Gasteiger partial charge on any atom is -0.496 e. The summed E-state index contributed by atoms with van der Waals surface area (Å²) in [5, 5.41) is 2.93. The highest BCUT2D eigenvalue weighted by Crippen LogP contribution is 2.39. The van der Waals surface area contributed by atoms with Gasteiger partial charge in [0.1, 0.15) is 40.1 Å². The first-order valence-corrected chi connectivity index (χ1v) is 12.1. The van der Waals surface area contributed by atoms with E-state index < -0.39 is 17.5 Å². The minimum absolute atomic E-state index is 0.0678. The van der Waals surface area contributed by atoms with Gasteiger partial charge in [0.15, 0.2) is 0 Å². The van der Waals surface area contributed by atoms with E-state index >= 15 is 0 Å². The van der Waals surface area contributed by atoms with Crippen molar-refractivity contribution < 1.29 is 18.3 Å². The molecule has 0 radical (unpaired) electrons. The van der Waals surface area contributed by atoms with Crippen molar-refractivity contribution in [2.75, 3.05) is 30.4 Å². The van der Waals surface area contributed by atoms with Crippen LogP contribution in [0.3, 0.4) is 0 Å². The minimum atomic E-state index is -0.770. The molecule has 1 amide bonds. The molecule has 2 aromatic heterocycles. The van der Waals surface area contributed by atoms with Gasteiger partial charge in [0, 0.05) is 26.2 Å². The molecule has 1 aliphatic heterocycles. The first-order chi connectivity index (χ1) is 17.8. The van der Waals surface area contributed by atoms with E-state index in [1.807, 2.05) is 30.7 Å². The number of anilines is 2. The molecule has 5 rings (SSSR count). The fraction of sp³-hybridized carbons (Fsp3) is 0.296. The second-order valence-corrected chi connectivity index (χ2v) is 9.07. The third kappa shape index (κ3) is 4.27. The average molecular weight is 507 g/mol. The number of carbonyl (C=O) groups excluding carboxylic acids is 1. The topological polar surface area (TPSA) is 98.3 Å². The summed E-state index contributed by atoms with van der Waals surface area (Å²) in [5.74, 6) is -1.08. The van der Waals surface area contributed by atoms with Gasteiger partial charge in [0.05, 0.1) is 29.6 Å². The number of nitrogens with zero attached hydrogens (tertiary/aromatic N) is 4. The normalized spacial score (nSPS) is 15.4. The number of hydrogen-bond acceptors (Lipinski definition) is 6. The van der Waals surface area contributed by atoms with Crippen LogP contribution in [0, 0.1) is 18.6 Å². The van der Waals surface area contributed by atoms with E-state index in [2.05, 4.69) is 15.2 Å². The van der Waals surface area contributed by atoms with Gasteiger partial charge in [0.2, 0.25) is 0 Å². The number of pyridine rings is 1. The molecule has 0 saturated carbocycles. The zero-order valence-corrected chi connectivity index (χ0v) is 20.9. The number of amides is 1. The summed E-state index contributed by atoms with van der Waals surface area (Å²) in [7, 11) is 3.30. The molecule has 10 heteroatoms. The quantitative estimate of drug-likeness (QED) is 0.402. The van der Waals surface area contributed by atoms with Gasteiger partial charge in [-0.2, -0.15) is 0 Å². The predicted molar refractivity (Wildman–Crippen MR) is 139 cm³/mol. The molecule has 1 aliphatic rings. The third-order valence-corrected chi connectivity index (χ3v) is 6.95. The number of ether oxygens (including phenoxy) is 1. The maximum Gasteiger partial charge on any atom is 0.274 e. The smallest absolute Gasteiger partial charge is 0.274 e. The number of nitrogens with two attached hydrogens (primary N) is 1. The van der Waals surface area contributed by atoms with Gasteiger partial charge in [-0.15, -0.1) is 0 Å². The Morgan fingerprint density at radius 3 is 2.73 bits per heavy atom. The Labute approximate surface area is 213 Å². The number of halogens is 2. The molecule has 192 valence electrons. The molecule has 1 fully saturated rings. The first-order valence-electron chi connectivity index (χ1n) is 12.1. The average Bonchev–Trinajstić information content (AvgIpc) is 3.48. The lowest BCUT2D eigenvalue weighted by Gasteiger charge is -2.28. The molecule has 0 spiro atoms. The monoisotopic (exact) mass is 506 g/mol. The Morgan fingerprint density at radius 2 is 1.97 bits per heavy atom. The van der Waals surface area contributed by atoms with Crippen molar-refractivity contribution in [2.24, 2.45) is 12.8 Å². The third-order valence-electron chi connectivity index (χ3n) is 6.95. The number of aromatic nitrogens is 3. The summed E-state index contributed by atoms with van der Waals surface area (Å²) >= 11 is 0. The maximum atomic E-state index is 14.8. The van der Waals surface area contributed by atoms with Crippen LogP contribution in [0.5, 0.6) is 5.75 Å². The molecule has 37 heavy (non-hydrogen) atoms. The fourth-order valence-electron chi connectivity index (χ4n) is 4.96. The molecule has 1 saturated heterocycles. The Bertz CT molecular complexity index is 1500. The van der Waals surface area contributed by atoms with Gasteiger partial charge in [0.25, 0.3) is 5.91 Å². The van der Waals surface area contributed by atoms with E-state index in [0.29, 0.717) is 12.2 Å². The van der Waals surface area contributed by atoms with Crippen LogP contribution in [0.15, 0.2) is 42.5 Å². The lowest BCUT2D eigenvalue weighted by Crippen LogP contribution is -2.36. The Kier molecular flexibility index (Phi) is 6.51. The van der Waals surface area contributed by atoms with Crippen LogP contribution in [0.1, 0.15) is 29.2 Å². The van der Waals surface area contributed by atoms with Crippen LogP contribution in [0.25, 0.3) is 22.3 Å². The summed E-state index contributed by atoms with van der Waals surface area (Å²) in [4.78, 5) is 24.5. The van der Waals surface area contributed by atoms with E-state index in [9.17, 15) is 13.6 Å². The number of methoxy groups -OCH3 is 1. The second-order valence-electron chi connectivity index (χ2n) is 9.07. The van der Waals surface area contributed by atoms with Crippen molar-refractivity contribution >= 4 is 28.3 Å². The SMILES string of the molecule is COc1cccc(F)c1-c1nc(C(=O)Nc2ccc3c(nc(C)n3C)c2N2CCCC2CN)ccc1F. The molecule has 1 unspecified atom stereocenters. The number of rotatable bonds is 6. The van der Waals surface area contributed by atoms with Gasteiger partial charge in [-0.05, 0) is 56.2 Å². The summed E-state index contributed by atoms with van der Waals surface area (Å²) in [6.07, 6.45) is 1.92. The molecule has 8 nitrogen and oxygen atoms in total. The van der Waals surface area contributed by atoms with Gasteiger partial charge < -0.3 is 25.3 Å². The molecule has 3 N–H and O–H groups in total. The van der Waals surface area contributed by atoms with Crippen LogP contribution in [0.4, 0.5) is 20.2 Å². The van der Waals surface area contributed by atoms with Crippen molar-refractivity contribution in [3.63, 3.8) is 0 Å². The van der Waals surface area contributed by atoms with Crippen molar-refractivity contribution in [1.82, 2.24) is 14.5 Å². The van der Waals surface area contributed by atoms with Crippen LogP contribution < -0.4 is 20.7 Å². The highest BCUT2D eigenvalue weighted by molar-refractivity contribution is 6.08. The number of nitrogens with one attached hydrogen (secondary N) is 1. The Hall–Kier alpha value is -4.05. The maximum absolute atomic E-state index is 14.8. The summed E-state index contributed by atoms with van der Waals surface area (Å²) in [6.45, 7) is 3.18. The molecule has 0 bridgehead atoms. The summed E-state index contributed by atoms with van der Waals surface area (Å²) in [6, 6.07) is 10.4. The lowest BCUT2D eigenvalue weighted by atomic mass is 10.1. The van der Waals surface area contributed by atoms with Crippen molar-refractivity contribution in [1.29, 1.82) is 0 Å². The fourth-order valence-corrected chi connectivity index (χ4v) is 4.96. The number of imidazole rings is 1. The lowest BCUT2D eigenvalue weighted by molar-refractivity contribution is 0.102. The Morgan fingerprint density at radius 1 is 1.16 bits per heavy atom. The summed E-state index contributed by atoms with van der Waals surface area (Å²) in [5.41, 5.74) is 8.58. The van der Waals surface area contributed by atoms with Gasteiger partial charge >= 0.3 is 0 Å². The number of carbonyl (C=O) groups is 1. The molecular weight excluding hydrogens is 478 g/mol. The van der Waals surface area contributed by atoms with E-state index in [4.69, 9.17) is 15.5 Å². The van der Waals surface area contributed by atoms with Crippen molar-refractivity contribution in [2.45, 2.75) is 25.8 Å². The number of fused-ring (bicyclic) bond motifs is 1. The molecule has 2 aromatic carbocycles. The van der Waals surface area contributed by atoms with E-state index in [1.165, 1.54) is 31.4 Å². The molecule has 1 atom stereocenters. The van der Waals surface area contributed by atoms with E-state index in [1.54, 1.807) is 0 Å². The van der Waals surface area contributed by atoms with Gasteiger partial charge in [-0.1, -0.05) is 6.07 Å². The zero-order valence-electron chi connectivity index (χ0n) is 20.9. The van der Waals surface area contributed by atoms with Crippen LogP contribution in [-0.4, -0.2) is 46.7 Å². The van der Waals surface area contributed by atoms with Crippen LogP contribution >= 0.6 is 0 Å². The molecule has 0 aliphatic carbocycles. The highest BCUT2D eigenvalue weighted by Gasteiger charge is 2.29.